The normalized spacial score (nSPS) is 56.4. The molecule has 5 nitrogen and oxygen atoms in total. The molecule has 6 heteroatoms. The van der Waals surface area contributed by atoms with Crippen LogP contribution in [0.1, 0.15) is 58.8 Å². The molecule has 2 aliphatic heterocycles. The van der Waals surface area contributed by atoms with Crippen molar-refractivity contribution in [2.75, 3.05) is 20.2 Å². The molecule has 3 saturated carbocycles. The summed E-state index contributed by atoms with van der Waals surface area (Å²) in [6.45, 7) is 4.99. The highest BCUT2D eigenvalue weighted by molar-refractivity contribution is 5.91. The van der Waals surface area contributed by atoms with Crippen molar-refractivity contribution in [1.82, 2.24) is 0 Å². The van der Waals surface area contributed by atoms with E-state index in [1.165, 1.54) is 5.57 Å². The summed E-state index contributed by atoms with van der Waals surface area (Å²) in [5.74, 6) is 0.344. The molecule has 4 aliphatic carbocycles. The highest BCUT2D eigenvalue weighted by Crippen LogP contribution is 2.72. The van der Waals surface area contributed by atoms with Crippen LogP contribution in [0.2, 0.25) is 0 Å². The van der Waals surface area contributed by atoms with Gasteiger partial charge in [-0.25, -0.2) is 4.39 Å². The first-order valence-corrected chi connectivity index (χ1v) is 11.2. The van der Waals surface area contributed by atoms with Gasteiger partial charge in [0, 0.05) is 11.8 Å². The molecule has 0 bridgehead atoms. The minimum Gasteiger partial charge on any atom is -0.350 e. The number of hydrogen-bond acceptors (Lipinski definition) is 5. The topological polar surface area (TPSA) is 54.0 Å². The van der Waals surface area contributed by atoms with Gasteiger partial charge in [0.15, 0.2) is 25.0 Å². The predicted molar refractivity (Wildman–Crippen MR) is 101 cm³/mol. The molecule has 2 saturated heterocycles. The maximum Gasteiger partial charge on any atom is 0.229 e. The van der Waals surface area contributed by atoms with Gasteiger partial charge in [0.05, 0.1) is 0 Å². The van der Waals surface area contributed by atoms with E-state index in [1.807, 2.05) is 6.08 Å². The van der Waals surface area contributed by atoms with E-state index in [0.29, 0.717) is 24.7 Å². The molecule has 0 aromatic carbocycles. The first-order chi connectivity index (χ1) is 13.9. The van der Waals surface area contributed by atoms with Gasteiger partial charge in [-0.3, -0.25) is 4.79 Å². The molecule has 6 rings (SSSR count). The lowest BCUT2D eigenvalue weighted by molar-refractivity contribution is -0.261. The molecule has 6 aliphatic rings. The Hall–Kier alpha value is -0.820. The molecular formula is C23H31FO5. The van der Waals surface area contributed by atoms with Crippen molar-refractivity contribution < 1.29 is 28.1 Å². The van der Waals surface area contributed by atoms with Crippen LogP contribution in [0.15, 0.2) is 11.6 Å². The molecule has 0 radical (unpaired) electrons. The molecule has 0 unspecified atom stereocenters. The standard InChI is InChI=1S/C23H31FO5/c1-20-7-5-15(25)9-14(20)3-4-16-17(20)6-8-21(2)18(16)10-19(24)23(21)22(28-13-29-23)11-26-12-27-22/h9,16-19H,3-8,10-13H2,1-2H3/t16-,17+,18+,19-,20+,21+,22-,23-/m1/s1. The van der Waals surface area contributed by atoms with Crippen LogP contribution in [0.3, 0.4) is 0 Å². The average molecular weight is 406 g/mol. The van der Waals surface area contributed by atoms with E-state index in [4.69, 9.17) is 18.9 Å². The number of ketones is 1. The van der Waals surface area contributed by atoms with E-state index >= 15 is 4.39 Å². The van der Waals surface area contributed by atoms with Gasteiger partial charge in [0.1, 0.15) is 12.8 Å². The molecule has 0 aromatic rings. The number of ether oxygens (including phenoxy) is 4. The second-order valence-corrected chi connectivity index (χ2v) is 10.6. The largest absolute Gasteiger partial charge is 0.350 e. The Morgan fingerprint density at radius 3 is 2.66 bits per heavy atom. The Labute approximate surface area is 171 Å². The summed E-state index contributed by atoms with van der Waals surface area (Å²) in [6.07, 6.45) is 6.81. The van der Waals surface area contributed by atoms with E-state index in [1.54, 1.807) is 0 Å². The summed E-state index contributed by atoms with van der Waals surface area (Å²) in [6, 6.07) is 0. The number of allylic oxidation sites excluding steroid dienone is 1. The molecule has 2 heterocycles. The van der Waals surface area contributed by atoms with Crippen molar-refractivity contribution in [3.63, 3.8) is 0 Å². The van der Waals surface area contributed by atoms with Gasteiger partial charge in [0.25, 0.3) is 0 Å². The SMILES string of the molecule is C[C@]12CCC(=O)C=C1CC[C@@H]1[C@@H]2CC[C@@]2(C)[C@H]1C[C@@H](F)[C@@]21OCO[C@]12COCO2. The van der Waals surface area contributed by atoms with Crippen LogP contribution in [0.25, 0.3) is 0 Å². The van der Waals surface area contributed by atoms with Crippen LogP contribution < -0.4 is 0 Å². The Morgan fingerprint density at radius 1 is 1.03 bits per heavy atom. The van der Waals surface area contributed by atoms with Crippen molar-refractivity contribution in [3.05, 3.63) is 11.6 Å². The fraction of sp³-hybridized carbons (Fsp3) is 0.870. The Balaban J connectivity index is 1.40. The van der Waals surface area contributed by atoms with Crippen LogP contribution in [-0.4, -0.2) is 43.5 Å². The van der Waals surface area contributed by atoms with Gasteiger partial charge < -0.3 is 18.9 Å². The summed E-state index contributed by atoms with van der Waals surface area (Å²) < 4.78 is 39.5. The quantitative estimate of drug-likeness (QED) is 0.611. The van der Waals surface area contributed by atoms with Crippen LogP contribution in [0.4, 0.5) is 4.39 Å². The molecular weight excluding hydrogens is 375 g/mol. The van der Waals surface area contributed by atoms with Gasteiger partial charge in [-0.2, -0.15) is 0 Å². The van der Waals surface area contributed by atoms with E-state index in [-0.39, 0.29) is 42.7 Å². The smallest absolute Gasteiger partial charge is 0.229 e. The summed E-state index contributed by atoms with van der Waals surface area (Å²) in [7, 11) is 0. The van der Waals surface area contributed by atoms with Crippen molar-refractivity contribution in [1.29, 1.82) is 0 Å². The van der Waals surface area contributed by atoms with Crippen LogP contribution in [0.5, 0.6) is 0 Å². The lowest BCUT2D eigenvalue weighted by atomic mass is 9.46. The van der Waals surface area contributed by atoms with Gasteiger partial charge >= 0.3 is 0 Å². The monoisotopic (exact) mass is 406 g/mol. The van der Waals surface area contributed by atoms with Crippen LogP contribution >= 0.6 is 0 Å². The average Bonchev–Trinajstić information content (AvgIpc) is 3.38. The van der Waals surface area contributed by atoms with Gasteiger partial charge in [-0.15, -0.1) is 0 Å². The molecule has 160 valence electrons. The van der Waals surface area contributed by atoms with Crippen LogP contribution in [0, 0.1) is 28.6 Å². The van der Waals surface area contributed by atoms with Crippen molar-refractivity contribution in [2.45, 2.75) is 76.4 Å². The third-order valence-electron chi connectivity index (χ3n) is 9.91. The molecule has 8 atom stereocenters. The lowest BCUT2D eigenvalue weighted by Gasteiger charge is -2.60. The Morgan fingerprint density at radius 2 is 1.86 bits per heavy atom. The van der Waals surface area contributed by atoms with Gasteiger partial charge in [-0.1, -0.05) is 19.4 Å². The number of hydrogen-bond donors (Lipinski definition) is 0. The lowest BCUT2D eigenvalue weighted by Crippen LogP contribution is -2.66. The molecule has 0 N–H and O–H groups in total. The van der Waals surface area contributed by atoms with Crippen LogP contribution in [-0.2, 0) is 23.7 Å². The van der Waals surface area contributed by atoms with E-state index < -0.39 is 17.6 Å². The van der Waals surface area contributed by atoms with E-state index in [0.717, 1.165) is 32.1 Å². The van der Waals surface area contributed by atoms with E-state index in [2.05, 4.69) is 13.8 Å². The third kappa shape index (κ3) is 2.07. The third-order valence-corrected chi connectivity index (χ3v) is 9.91. The predicted octanol–water partition coefficient (Wildman–Crippen LogP) is 3.91. The molecule has 0 amide bonds. The number of fused-ring (bicyclic) bond motifs is 7. The summed E-state index contributed by atoms with van der Waals surface area (Å²) >= 11 is 0. The summed E-state index contributed by atoms with van der Waals surface area (Å²) in [5.41, 5.74) is -0.0179. The fourth-order valence-electron chi connectivity index (χ4n) is 8.54. The number of carbonyl (C=O) groups excluding carboxylic acids is 1. The zero-order valence-electron chi connectivity index (χ0n) is 17.4. The zero-order chi connectivity index (χ0) is 20.1. The first-order valence-electron chi connectivity index (χ1n) is 11.2. The second kappa shape index (κ2) is 5.90. The molecule has 2 spiro atoms. The van der Waals surface area contributed by atoms with E-state index in [9.17, 15) is 4.79 Å². The first kappa shape index (κ1) is 18.9. The molecule has 0 aromatic heterocycles. The fourth-order valence-corrected chi connectivity index (χ4v) is 8.54. The van der Waals surface area contributed by atoms with Crippen molar-refractivity contribution in [2.24, 2.45) is 28.6 Å². The van der Waals surface area contributed by atoms with Crippen molar-refractivity contribution >= 4 is 5.78 Å². The highest BCUT2D eigenvalue weighted by atomic mass is 19.1. The van der Waals surface area contributed by atoms with Gasteiger partial charge in [0.2, 0.25) is 5.79 Å². The number of halogens is 1. The summed E-state index contributed by atoms with van der Waals surface area (Å²) in [4.78, 5) is 12.0. The maximum absolute atomic E-state index is 16.0. The zero-order valence-corrected chi connectivity index (χ0v) is 17.4. The summed E-state index contributed by atoms with van der Waals surface area (Å²) in [5, 5.41) is 0. The Kier molecular flexibility index (Phi) is 3.85. The maximum atomic E-state index is 16.0. The molecule has 5 fully saturated rings. The molecule has 29 heavy (non-hydrogen) atoms. The minimum atomic E-state index is -1.13. The van der Waals surface area contributed by atoms with Crippen molar-refractivity contribution in [3.8, 4) is 0 Å². The second-order valence-electron chi connectivity index (χ2n) is 10.6. The number of rotatable bonds is 0. The van der Waals surface area contributed by atoms with Gasteiger partial charge in [-0.05, 0) is 67.8 Å². The highest BCUT2D eigenvalue weighted by Gasteiger charge is 2.79. The minimum absolute atomic E-state index is 0.0624. The Bertz CT molecular complexity index is 770. The number of carbonyl (C=O) groups is 1. The number of alkyl halides is 1.